The molecule has 2 aromatic carbocycles. The Bertz CT molecular complexity index is 1350. The topological polar surface area (TPSA) is 139 Å². The molecule has 2 aliphatic rings. The number of carbonyl (C=O) groups excluding carboxylic acids is 1. The summed E-state index contributed by atoms with van der Waals surface area (Å²) in [5.41, 5.74) is 2.66. The average Bonchev–Trinajstić information content (AvgIpc) is 3.47. The maximum Gasteiger partial charge on any atom is 0.328 e. The number of piperidine rings is 1. The second-order valence-corrected chi connectivity index (χ2v) is 9.99. The maximum atomic E-state index is 11.6. The molecule has 2 N–H and O–H groups in total. The summed E-state index contributed by atoms with van der Waals surface area (Å²) >= 11 is 0. The molecule has 2 fully saturated rings. The number of benzene rings is 2. The van der Waals surface area contributed by atoms with E-state index in [2.05, 4.69) is 22.2 Å². The minimum Gasteiger partial charge on any atom is -0.493 e. The second-order valence-electron chi connectivity index (χ2n) is 9.99. The smallest absolute Gasteiger partial charge is 0.328 e. The normalized spacial score (nSPS) is 20.2. The molecule has 2 atom stereocenters. The maximum absolute atomic E-state index is 11.6. The number of rotatable bonds is 10. The molecule has 3 heterocycles. The molecule has 2 bridgehead atoms. The van der Waals surface area contributed by atoms with Crippen LogP contribution >= 0.6 is 0 Å². The molecular weight excluding hydrogens is 516 g/mol. The Kier molecular flexibility index (Phi) is 9.55. The molecule has 40 heavy (non-hydrogen) atoms. The van der Waals surface area contributed by atoms with Crippen LogP contribution in [0, 0.1) is 0 Å². The van der Waals surface area contributed by atoms with Crippen LogP contribution in [0.2, 0.25) is 0 Å². The predicted molar refractivity (Wildman–Crippen MR) is 147 cm³/mol. The van der Waals surface area contributed by atoms with E-state index in [0.29, 0.717) is 53.8 Å². The predicted octanol–water partition coefficient (Wildman–Crippen LogP) is 4.93. The Morgan fingerprint density at radius 2 is 1.70 bits per heavy atom. The number of ether oxygens (including phenoxy) is 2. The minimum atomic E-state index is -1.26. The lowest BCUT2D eigenvalue weighted by atomic mass is 9.87. The standard InChI is InChI=1S/C26H30N2O4.C4H4O4/c1-17(29)18-8-11-24(25(16-18)30-2)31-13-5-12-28-20-9-10-21(28)15-19(14-20)26-22-6-3-4-7-23(22)32-27-26;5-3(6)1-2-4(7)8/h3-4,6-8,11,16,19-21H,5,9-10,12-15H2,1-2H3;1-2H,(H,5,6)(H,7,8). The number of fused-ring (bicyclic) bond motifs is 3. The van der Waals surface area contributed by atoms with Gasteiger partial charge in [0.05, 0.1) is 19.4 Å². The zero-order chi connectivity index (χ0) is 28.6. The average molecular weight is 551 g/mol. The number of aliphatic carboxylic acids is 2. The lowest BCUT2D eigenvalue weighted by molar-refractivity contribution is -0.134. The zero-order valence-electron chi connectivity index (χ0n) is 22.6. The summed E-state index contributed by atoms with van der Waals surface area (Å²) in [5, 5.41) is 21.2. The van der Waals surface area contributed by atoms with Gasteiger partial charge in [0.25, 0.3) is 0 Å². The van der Waals surface area contributed by atoms with Crippen LogP contribution in [0.15, 0.2) is 59.1 Å². The Morgan fingerprint density at radius 3 is 2.33 bits per heavy atom. The van der Waals surface area contributed by atoms with Crippen molar-refractivity contribution in [2.75, 3.05) is 20.3 Å². The third-order valence-electron chi connectivity index (χ3n) is 7.43. The molecule has 10 heteroatoms. The first-order valence-electron chi connectivity index (χ1n) is 13.3. The van der Waals surface area contributed by atoms with Gasteiger partial charge >= 0.3 is 11.9 Å². The van der Waals surface area contributed by atoms with Crippen molar-refractivity contribution in [2.45, 2.75) is 57.0 Å². The van der Waals surface area contributed by atoms with Crippen molar-refractivity contribution in [2.24, 2.45) is 0 Å². The van der Waals surface area contributed by atoms with Crippen LogP contribution in [-0.4, -0.2) is 70.3 Å². The number of hydrogen-bond donors (Lipinski definition) is 2. The van der Waals surface area contributed by atoms with Crippen molar-refractivity contribution < 1.29 is 38.6 Å². The van der Waals surface area contributed by atoms with E-state index in [4.69, 9.17) is 24.2 Å². The Labute approximate surface area is 232 Å². The van der Waals surface area contributed by atoms with Gasteiger partial charge in [0.2, 0.25) is 0 Å². The van der Waals surface area contributed by atoms with E-state index in [-0.39, 0.29) is 5.78 Å². The van der Waals surface area contributed by atoms with E-state index >= 15 is 0 Å². The highest BCUT2D eigenvalue weighted by molar-refractivity contribution is 5.94. The number of carbonyl (C=O) groups is 3. The number of Topliss-reactive ketones (excluding diaryl/α,β-unsaturated/α-hetero) is 1. The summed E-state index contributed by atoms with van der Waals surface area (Å²) in [7, 11) is 1.60. The molecule has 1 aromatic heterocycles. The molecule has 3 aromatic rings. The van der Waals surface area contributed by atoms with Crippen molar-refractivity contribution in [3.05, 3.63) is 65.9 Å². The van der Waals surface area contributed by atoms with Gasteiger partial charge in [-0.2, -0.15) is 0 Å². The Balaban J connectivity index is 0.000000406. The third-order valence-corrected chi connectivity index (χ3v) is 7.43. The molecule has 2 saturated heterocycles. The van der Waals surface area contributed by atoms with Crippen LogP contribution in [0.3, 0.4) is 0 Å². The van der Waals surface area contributed by atoms with Crippen molar-refractivity contribution in [3.63, 3.8) is 0 Å². The van der Waals surface area contributed by atoms with E-state index < -0.39 is 11.9 Å². The molecule has 0 amide bonds. The Hall–Kier alpha value is -4.18. The van der Waals surface area contributed by atoms with Crippen LogP contribution < -0.4 is 9.47 Å². The van der Waals surface area contributed by atoms with Gasteiger partial charge in [-0.1, -0.05) is 17.3 Å². The molecule has 0 saturated carbocycles. The summed E-state index contributed by atoms with van der Waals surface area (Å²) in [4.78, 5) is 33.4. The fourth-order valence-corrected chi connectivity index (χ4v) is 5.64. The number of methoxy groups -OCH3 is 1. The number of para-hydroxylation sites is 1. The molecule has 2 unspecified atom stereocenters. The third kappa shape index (κ3) is 7.06. The summed E-state index contributed by atoms with van der Waals surface area (Å²) < 4.78 is 17.0. The van der Waals surface area contributed by atoms with Gasteiger partial charge in [0, 0.05) is 47.6 Å². The van der Waals surface area contributed by atoms with E-state index in [1.54, 1.807) is 26.2 Å². The molecule has 212 valence electrons. The molecule has 10 nitrogen and oxygen atoms in total. The lowest BCUT2D eigenvalue weighted by Crippen LogP contribution is -2.43. The summed E-state index contributed by atoms with van der Waals surface area (Å²) in [6.45, 7) is 3.22. The van der Waals surface area contributed by atoms with Gasteiger partial charge in [-0.25, -0.2) is 9.59 Å². The summed E-state index contributed by atoms with van der Waals surface area (Å²) in [5.74, 6) is -0.713. The molecule has 5 rings (SSSR count). The van der Waals surface area contributed by atoms with Gasteiger partial charge in [0.15, 0.2) is 22.9 Å². The number of ketones is 1. The zero-order valence-corrected chi connectivity index (χ0v) is 22.6. The Morgan fingerprint density at radius 1 is 1.02 bits per heavy atom. The number of nitrogens with zero attached hydrogens (tertiary/aromatic N) is 2. The molecule has 2 aliphatic heterocycles. The van der Waals surface area contributed by atoms with Gasteiger partial charge in [-0.3, -0.25) is 9.69 Å². The highest BCUT2D eigenvalue weighted by atomic mass is 16.5. The van der Waals surface area contributed by atoms with Crippen LogP contribution in [0.25, 0.3) is 11.0 Å². The van der Waals surface area contributed by atoms with Gasteiger partial charge in [-0.05, 0) is 69.4 Å². The molecule has 0 aliphatic carbocycles. The van der Waals surface area contributed by atoms with Crippen LogP contribution in [0.4, 0.5) is 0 Å². The number of hydrogen-bond acceptors (Lipinski definition) is 8. The second kappa shape index (κ2) is 13.3. The van der Waals surface area contributed by atoms with Crippen LogP contribution in [0.5, 0.6) is 11.5 Å². The highest BCUT2D eigenvalue weighted by Gasteiger charge is 2.41. The quantitative estimate of drug-likeness (QED) is 0.203. The fraction of sp³-hybridized carbons (Fsp3) is 0.400. The molecule has 0 spiro atoms. The van der Waals surface area contributed by atoms with Gasteiger partial charge in [-0.15, -0.1) is 0 Å². The van der Waals surface area contributed by atoms with Crippen LogP contribution in [-0.2, 0) is 9.59 Å². The van der Waals surface area contributed by atoms with E-state index in [1.165, 1.54) is 18.2 Å². The minimum absolute atomic E-state index is 0.0207. The molecule has 0 radical (unpaired) electrons. The van der Waals surface area contributed by atoms with E-state index in [1.807, 2.05) is 18.2 Å². The van der Waals surface area contributed by atoms with Gasteiger partial charge in [0.1, 0.15) is 0 Å². The van der Waals surface area contributed by atoms with Crippen LogP contribution in [0.1, 0.15) is 61.0 Å². The van der Waals surface area contributed by atoms with Crippen molar-refractivity contribution >= 4 is 28.7 Å². The largest absolute Gasteiger partial charge is 0.493 e. The van der Waals surface area contributed by atoms with Gasteiger partial charge < -0.3 is 24.2 Å². The fourth-order valence-electron chi connectivity index (χ4n) is 5.64. The highest BCUT2D eigenvalue weighted by Crippen LogP contribution is 2.44. The van der Waals surface area contributed by atoms with E-state index in [9.17, 15) is 14.4 Å². The first kappa shape index (κ1) is 28.8. The SMILES string of the molecule is COc1cc(C(C)=O)ccc1OCCCN1C2CCC1CC(c1noc3ccccc13)C2.O=C(O)C=CC(=O)O. The first-order valence-corrected chi connectivity index (χ1v) is 13.3. The van der Waals surface area contributed by atoms with Crippen molar-refractivity contribution in [1.29, 1.82) is 0 Å². The number of carboxylic acid groups (broad SMARTS) is 2. The first-order chi connectivity index (χ1) is 19.3. The summed E-state index contributed by atoms with van der Waals surface area (Å²) in [6, 6.07) is 14.8. The number of aromatic nitrogens is 1. The lowest BCUT2D eigenvalue weighted by Gasteiger charge is -2.38. The monoisotopic (exact) mass is 550 g/mol. The molecular formula is C30H34N2O8. The van der Waals surface area contributed by atoms with Crippen molar-refractivity contribution in [1.82, 2.24) is 10.1 Å². The van der Waals surface area contributed by atoms with E-state index in [0.717, 1.165) is 37.1 Å². The van der Waals surface area contributed by atoms with Crippen molar-refractivity contribution in [3.8, 4) is 11.5 Å². The summed E-state index contributed by atoms with van der Waals surface area (Å²) in [6.07, 6.45) is 6.89. The number of carboxylic acids is 2.